The third kappa shape index (κ3) is 4.66. The van der Waals surface area contributed by atoms with Crippen LogP contribution in [0.2, 0.25) is 0 Å². The van der Waals surface area contributed by atoms with Crippen molar-refractivity contribution in [1.29, 1.82) is 0 Å². The molecule has 8 heteroatoms. The van der Waals surface area contributed by atoms with Gasteiger partial charge in [0.15, 0.2) is 0 Å². The normalized spacial score (nSPS) is 21.4. The van der Waals surface area contributed by atoms with Gasteiger partial charge < -0.3 is 14.6 Å². The van der Waals surface area contributed by atoms with E-state index >= 15 is 0 Å². The number of pyridine rings is 1. The van der Waals surface area contributed by atoms with E-state index in [1.54, 1.807) is 6.20 Å². The van der Waals surface area contributed by atoms with Crippen molar-refractivity contribution in [3.8, 4) is 0 Å². The van der Waals surface area contributed by atoms with E-state index in [4.69, 9.17) is 0 Å². The van der Waals surface area contributed by atoms with Crippen molar-refractivity contribution in [2.24, 2.45) is 5.41 Å². The van der Waals surface area contributed by atoms with E-state index in [9.17, 15) is 13.6 Å². The van der Waals surface area contributed by atoms with Crippen molar-refractivity contribution in [1.82, 2.24) is 9.38 Å². The molecule has 35 heavy (non-hydrogen) atoms. The van der Waals surface area contributed by atoms with Gasteiger partial charge in [0.05, 0.1) is 16.9 Å². The molecule has 1 aromatic carbocycles. The van der Waals surface area contributed by atoms with E-state index in [0.29, 0.717) is 29.5 Å². The Morgan fingerprint density at radius 2 is 1.80 bits per heavy atom. The van der Waals surface area contributed by atoms with E-state index < -0.39 is 5.92 Å². The Kier molecular flexibility index (Phi) is 5.77. The van der Waals surface area contributed by atoms with Crippen LogP contribution in [0.3, 0.4) is 0 Å². The lowest BCUT2D eigenvalue weighted by molar-refractivity contribution is -0.0381. The second kappa shape index (κ2) is 8.71. The Labute approximate surface area is 217 Å². The molecule has 0 bridgehead atoms. The first-order valence-corrected chi connectivity index (χ1v) is 13.6. The van der Waals surface area contributed by atoms with Crippen molar-refractivity contribution in [3.63, 3.8) is 0 Å². The number of benzene rings is 1. The zero-order valence-electron chi connectivity index (χ0n) is 19.6. The van der Waals surface area contributed by atoms with Crippen LogP contribution in [0.1, 0.15) is 73.2 Å². The van der Waals surface area contributed by atoms with Gasteiger partial charge in [-0.15, -0.1) is 0 Å². The van der Waals surface area contributed by atoms with E-state index in [1.165, 1.54) is 25.7 Å². The van der Waals surface area contributed by atoms with Crippen LogP contribution >= 0.6 is 22.6 Å². The average molecular weight is 590 g/mol. The third-order valence-electron chi connectivity index (χ3n) is 8.26. The number of fused-ring (bicyclic) bond motifs is 1. The van der Waals surface area contributed by atoms with Gasteiger partial charge in [0.25, 0.3) is 5.91 Å². The molecule has 3 aromatic rings. The number of nitrogens with zero attached hydrogens (tertiary/aromatic N) is 3. The van der Waals surface area contributed by atoms with E-state index in [1.807, 2.05) is 35.0 Å². The Morgan fingerprint density at radius 3 is 2.51 bits per heavy atom. The summed E-state index contributed by atoms with van der Waals surface area (Å²) in [6, 6.07) is 7.91. The highest BCUT2D eigenvalue weighted by Gasteiger charge is 2.44. The summed E-state index contributed by atoms with van der Waals surface area (Å²) in [6.45, 7) is 1.97. The third-order valence-corrected chi connectivity index (χ3v) is 8.93. The number of hydrogen-bond acceptors (Lipinski definition) is 3. The summed E-state index contributed by atoms with van der Waals surface area (Å²) in [5.41, 5.74) is 4.59. The largest absolute Gasteiger partial charge is 0.371 e. The quantitative estimate of drug-likeness (QED) is 0.338. The smallest absolute Gasteiger partial charge is 0.257 e. The number of alkyl halides is 2. The van der Waals surface area contributed by atoms with Crippen LogP contribution in [0.5, 0.6) is 0 Å². The Bertz CT molecular complexity index is 1270. The lowest BCUT2D eigenvalue weighted by Gasteiger charge is -2.35. The summed E-state index contributed by atoms with van der Waals surface area (Å²) in [5, 5.41) is 3.10. The van der Waals surface area contributed by atoms with Crippen molar-refractivity contribution in [3.05, 3.63) is 57.6 Å². The molecule has 1 amide bonds. The van der Waals surface area contributed by atoms with Crippen LogP contribution in [0.4, 0.5) is 20.2 Å². The number of piperidine rings is 1. The van der Waals surface area contributed by atoms with Gasteiger partial charge in [-0.2, -0.15) is 0 Å². The van der Waals surface area contributed by atoms with Gasteiger partial charge in [0.1, 0.15) is 5.65 Å². The van der Waals surface area contributed by atoms with Gasteiger partial charge in [-0.1, -0.05) is 0 Å². The van der Waals surface area contributed by atoms with Crippen molar-refractivity contribution in [2.45, 2.75) is 63.2 Å². The van der Waals surface area contributed by atoms with E-state index in [0.717, 1.165) is 33.6 Å². The van der Waals surface area contributed by atoms with Gasteiger partial charge in [0.2, 0.25) is 5.92 Å². The number of aromatic nitrogens is 2. The highest BCUT2D eigenvalue weighted by Crippen LogP contribution is 2.54. The van der Waals surface area contributed by atoms with Gasteiger partial charge in [-0.05, 0) is 96.7 Å². The summed E-state index contributed by atoms with van der Waals surface area (Å²) in [7, 11) is 0. The number of carbonyl (C=O) groups excluding carboxylic acids is 1. The number of amides is 1. The number of rotatable bonds is 4. The minimum absolute atomic E-state index is 0.00772. The van der Waals surface area contributed by atoms with E-state index in [2.05, 4.69) is 43.9 Å². The minimum atomic E-state index is -2.58. The van der Waals surface area contributed by atoms with Crippen molar-refractivity contribution in [2.75, 3.05) is 23.3 Å². The van der Waals surface area contributed by atoms with Crippen molar-refractivity contribution < 1.29 is 13.6 Å². The first-order chi connectivity index (χ1) is 16.8. The van der Waals surface area contributed by atoms with Crippen LogP contribution in [0.15, 0.2) is 42.9 Å². The fraction of sp³-hybridized carbons (Fsp3) is 0.481. The fourth-order valence-electron chi connectivity index (χ4n) is 5.84. The number of hydrogen-bond donors (Lipinski definition) is 1. The van der Waals surface area contributed by atoms with Crippen LogP contribution < -0.4 is 10.2 Å². The molecule has 2 saturated carbocycles. The van der Waals surface area contributed by atoms with Crippen LogP contribution in [0.25, 0.3) is 5.65 Å². The lowest BCUT2D eigenvalue weighted by Crippen LogP contribution is -2.35. The number of imidazole rings is 1. The molecule has 3 aliphatic rings. The Balaban J connectivity index is 1.27. The number of halogens is 3. The fourth-order valence-corrected chi connectivity index (χ4v) is 6.31. The maximum atomic E-state index is 13.8. The van der Waals surface area contributed by atoms with Gasteiger partial charge in [0, 0.05) is 53.7 Å². The molecule has 0 atom stereocenters. The molecule has 1 spiro atoms. The molecule has 3 fully saturated rings. The summed E-state index contributed by atoms with van der Waals surface area (Å²) in [6.07, 6.45) is 11.1. The van der Waals surface area contributed by atoms with Gasteiger partial charge in [-0.3, -0.25) is 4.79 Å². The molecule has 1 aliphatic heterocycles. The zero-order chi connectivity index (χ0) is 24.2. The molecule has 1 saturated heterocycles. The van der Waals surface area contributed by atoms with Crippen LogP contribution in [-0.2, 0) is 0 Å². The predicted molar refractivity (Wildman–Crippen MR) is 142 cm³/mol. The highest BCUT2D eigenvalue weighted by atomic mass is 127. The second-order valence-electron chi connectivity index (χ2n) is 10.6. The van der Waals surface area contributed by atoms with Crippen LogP contribution in [0, 0.1) is 8.99 Å². The molecule has 5 nitrogen and oxygen atoms in total. The standard InChI is InChI=1S/C27H29F2IN4O/c28-27(29)5-3-18(4-6-27)22-16-20(17-34-14-11-31-24(22)34)32-25(35)21-2-1-19(30)15-23(21)33-12-9-26(7-8-26)10-13-33/h1-2,11,14-18H,3-10,12-13H2,(H,32,35). The van der Waals surface area contributed by atoms with Crippen LogP contribution in [-0.4, -0.2) is 34.3 Å². The minimum Gasteiger partial charge on any atom is -0.371 e. The molecule has 2 aliphatic carbocycles. The van der Waals surface area contributed by atoms with Gasteiger partial charge in [-0.25, -0.2) is 13.8 Å². The van der Waals surface area contributed by atoms with Crippen molar-refractivity contribution >= 4 is 45.5 Å². The maximum absolute atomic E-state index is 13.8. The first kappa shape index (κ1) is 23.2. The second-order valence-corrected chi connectivity index (χ2v) is 11.8. The number of carbonyl (C=O) groups is 1. The molecule has 6 rings (SSSR count). The lowest BCUT2D eigenvalue weighted by atomic mass is 9.82. The maximum Gasteiger partial charge on any atom is 0.257 e. The predicted octanol–water partition coefficient (Wildman–Crippen LogP) is 6.86. The van der Waals surface area contributed by atoms with Gasteiger partial charge >= 0.3 is 0 Å². The summed E-state index contributed by atoms with van der Waals surface area (Å²) in [5.74, 6) is -2.72. The average Bonchev–Trinajstić information content (AvgIpc) is 3.41. The highest BCUT2D eigenvalue weighted by molar-refractivity contribution is 14.1. The molecular formula is C27H29F2IN4O. The Morgan fingerprint density at radius 1 is 1.06 bits per heavy atom. The number of nitrogens with one attached hydrogen (secondary N) is 1. The monoisotopic (exact) mass is 590 g/mol. The molecular weight excluding hydrogens is 561 g/mol. The molecule has 0 radical (unpaired) electrons. The number of anilines is 2. The SMILES string of the molecule is O=C(Nc1cc(C2CCC(F)(F)CC2)c2nccn2c1)c1ccc(I)cc1N1CCC2(CC1)CC2. The molecule has 3 heterocycles. The molecule has 2 aromatic heterocycles. The molecule has 184 valence electrons. The first-order valence-electron chi connectivity index (χ1n) is 12.5. The summed E-state index contributed by atoms with van der Waals surface area (Å²) >= 11 is 2.30. The molecule has 1 N–H and O–H groups in total. The summed E-state index contributed by atoms with van der Waals surface area (Å²) in [4.78, 5) is 20.3. The summed E-state index contributed by atoms with van der Waals surface area (Å²) < 4.78 is 30.5. The topological polar surface area (TPSA) is 49.6 Å². The molecule has 0 unspecified atom stereocenters. The zero-order valence-corrected chi connectivity index (χ0v) is 21.7. The van der Waals surface area contributed by atoms with E-state index in [-0.39, 0.29) is 24.7 Å². The Hall–Kier alpha value is -2.23.